The van der Waals surface area contributed by atoms with Gasteiger partial charge < -0.3 is 20.3 Å². The van der Waals surface area contributed by atoms with Crippen LogP contribution in [0.3, 0.4) is 0 Å². The Balaban J connectivity index is 1.66. The molecule has 0 unspecified atom stereocenters. The highest BCUT2D eigenvalue weighted by Crippen LogP contribution is 2.29. The van der Waals surface area contributed by atoms with Crippen molar-refractivity contribution >= 4 is 17.5 Å². The second-order valence-electron chi connectivity index (χ2n) is 6.59. The molecule has 0 aliphatic carbocycles. The van der Waals surface area contributed by atoms with Gasteiger partial charge in [0.25, 0.3) is 5.91 Å². The van der Waals surface area contributed by atoms with Crippen molar-refractivity contribution in [3.8, 4) is 5.75 Å². The smallest absolute Gasteiger partial charge is 0.266 e. The summed E-state index contributed by atoms with van der Waals surface area (Å²) in [4.78, 5) is 26.8. The van der Waals surface area contributed by atoms with Crippen LogP contribution in [0.5, 0.6) is 5.75 Å². The van der Waals surface area contributed by atoms with E-state index >= 15 is 0 Å². The normalized spacial score (nSPS) is 17.0. The summed E-state index contributed by atoms with van der Waals surface area (Å²) >= 11 is 0. The number of hydrogen-bond acceptors (Lipinski definition) is 4. The van der Waals surface area contributed by atoms with Gasteiger partial charge in [0.05, 0.1) is 18.2 Å². The summed E-state index contributed by atoms with van der Waals surface area (Å²) in [7, 11) is 3.91. The number of amides is 2. The number of nitrogens with zero attached hydrogens (tertiary/aromatic N) is 1. The molecule has 2 aromatic rings. The molecule has 0 radical (unpaired) electrons. The number of hydrogen-bond donors (Lipinski definition) is 2. The third-order valence-corrected chi connectivity index (χ3v) is 4.16. The monoisotopic (exact) mass is 353 g/mol. The van der Waals surface area contributed by atoms with Gasteiger partial charge in [0.1, 0.15) is 5.75 Å². The average molecular weight is 353 g/mol. The highest BCUT2D eigenvalue weighted by Gasteiger charge is 2.30. The molecule has 3 rings (SSSR count). The van der Waals surface area contributed by atoms with Crippen molar-refractivity contribution in [3.63, 3.8) is 0 Å². The number of para-hydroxylation sites is 2. The van der Waals surface area contributed by atoms with Gasteiger partial charge in [-0.05, 0) is 31.8 Å². The molecule has 0 saturated carbocycles. The Morgan fingerprint density at radius 3 is 2.58 bits per heavy atom. The third-order valence-electron chi connectivity index (χ3n) is 4.16. The first-order chi connectivity index (χ1) is 12.5. The summed E-state index contributed by atoms with van der Waals surface area (Å²) in [6.07, 6.45) is -0.864. The Morgan fingerprint density at radius 1 is 1.15 bits per heavy atom. The standard InChI is InChI=1S/C20H23N3O3/c1-23(2)13-16(14-8-4-3-5-9-14)21-19(24)12-18-20(25)22-15-10-6-7-11-17(15)26-18/h3-11,16,18H,12-13H2,1-2H3,(H,21,24)(H,22,25)/t16-,18-/m0/s1. The molecule has 1 aliphatic rings. The van der Waals surface area contributed by atoms with E-state index in [2.05, 4.69) is 10.6 Å². The molecule has 1 aliphatic heterocycles. The lowest BCUT2D eigenvalue weighted by Gasteiger charge is -2.27. The quantitative estimate of drug-likeness (QED) is 0.835. The maximum Gasteiger partial charge on any atom is 0.266 e. The SMILES string of the molecule is CN(C)C[C@H](NC(=O)C[C@@H]1Oc2ccccc2NC1=O)c1ccccc1. The lowest BCUT2D eigenvalue weighted by Crippen LogP contribution is -2.42. The molecule has 136 valence electrons. The summed E-state index contributed by atoms with van der Waals surface area (Å²) < 4.78 is 5.70. The minimum absolute atomic E-state index is 0.0308. The van der Waals surface area contributed by atoms with Crippen molar-refractivity contribution in [1.82, 2.24) is 10.2 Å². The maximum atomic E-state index is 12.5. The number of likely N-dealkylation sites (N-methyl/N-ethyl adjacent to an activating group) is 1. The number of nitrogens with one attached hydrogen (secondary N) is 2. The summed E-state index contributed by atoms with van der Waals surface area (Å²) in [5.74, 6) is 0.0563. The molecule has 0 saturated heterocycles. The number of anilines is 1. The topological polar surface area (TPSA) is 70.7 Å². The number of ether oxygens (including phenoxy) is 1. The molecular weight excluding hydrogens is 330 g/mol. The summed E-state index contributed by atoms with van der Waals surface area (Å²) in [6, 6.07) is 16.8. The second kappa shape index (κ2) is 8.01. The van der Waals surface area contributed by atoms with Crippen LogP contribution in [-0.2, 0) is 9.59 Å². The van der Waals surface area contributed by atoms with Crippen molar-refractivity contribution in [1.29, 1.82) is 0 Å². The van der Waals surface area contributed by atoms with E-state index in [1.54, 1.807) is 12.1 Å². The highest BCUT2D eigenvalue weighted by atomic mass is 16.5. The number of benzene rings is 2. The fourth-order valence-corrected chi connectivity index (χ4v) is 2.93. The van der Waals surface area contributed by atoms with Gasteiger partial charge in [-0.3, -0.25) is 9.59 Å². The molecule has 1 heterocycles. The van der Waals surface area contributed by atoms with E-state index in [1.165, 1.54) is 0 Å². The van der Waals surface area contributed by atoms with Crippen LogP contribution in [0, 0.1) is 0 Å². The molecule has 0 fully saturated rings. The molecule has 2 N–H and O–H groups in total. The molecule has 6 heteroatoms. The van der Waals surface area contributed by atoms with Crippen LogP contribution in [0.1, 0.15) is 18.0 Å². The lowest BCUT2D eigenvalue weighted by atomic mass is 10.1. The maximum absolute atomic E-state index is 12.5. The zero-order valence-corrected chi connectivity index (χ0v) is 14.9. The van der Waals surface area contributed by atoms with Crippen molar-refractivity contribution in [2.45, 2.75) is 18.6 Å². The molecule has 0 bridgehead atoms. The molecule has 0 aromatic heterocycles. The second-order valence-corrected chi connectivity index (χ2v) is 6.59. The average Bonchev–Trinajstić information content (AvgIpc) is 2.62. The first-order valence-corrected chi connectivity index (χ1v) is 8.58. The van der Waals surface area contributed by atoms with Gasteiger partial charge in [-0.15, -0.1) is 0 Å². The first-order valence-electron chi connectivity index (χ1n) is 8.58. The fraction of sp³-hybridized carbons (Fsp3) is 0.300. The Kier molecular flexibility index (Phi) is 5.53. The van der Waals surface area contributed by atoms with E-state index in [4.69, 9.17) is 4.74 Å². The van der Waals surface area contributed by atoms with Crippen LogP contribution in [-0.4, -0.2) is 43.5 Å². The van der Waals surface area contributed by atoms with Gasteiger partial charge >= 0.3 is 0 Å². The Hall–Kier alpha value is -2.86. The molecular formula is C20H23N3O3. The number of fused-ring (bicyclic) bond motifs is 1. The van der Waals surface area contributed by atoms with Crippen LogP contribution in [0.4, 0.5) is 5.69 Å². The van der Waals surface area contributed by atoms with Gasteiger partial charge in [0, 0.05) is 6.54 Å². The minimum atomic E-state index is -0.833. The Labute approximate surface area is 153 Å². The van der Waals surface area contributed by atoms with Gasteiger partial charge in [-0.2, -0.15) is 0 Å². The predicted octanol–water partition coefficient (Wildman–Crippen LogP) is 2.20. The van der Waals surface area contributed by atoms with Crippen LogP contribution in [0.25, 0.3) is 0 Å². The number of carbonyl (C=O) groups excluding carboxylic acids is 2. The Bertz CT molecular complexity index is 777. The molecule has 6 nitrogen and oxygen atoms in total. The fourth-order valence-electron chi connectivity index (χ4n) is 2.93. The highest BCUT2D eigenvalue weighted by molar-refractivity contribution is 5.99. The van der Waals surface area contributed by atoms with Crippen LogP contribution in [0.15, 0.2) is 54.6 Å². The van der Waals surface area contributed by atoms with Crippen molar-refractivity contribution in [2.24, 2.45) is 0 Å². The van der Waals surface area contributed by atoms with Gasteiger partial charge in [0.15, 0.2) is 6.10 Å². The minimum Gasteiger partial charge on any atom is -0.478 e. The van der Waals surface area contributed by atoms with Crippen molar-refractivity contribution < 1.29 is 14.3 Å². The number of rotatable bonds is 6. The van der Waals surface area contributed by atoms with E-state index in [0.717, 1.165) is 5.56 Å². The molecule has 2 aromatic carbocycles. The third kappa shape index (κ3) is 4.40. The lowest BCUT2D eigenvalue weighted by molar-refractivity contribution is -0.131. The number of carbonyl (C=O) groups is 2. The van der Waals surface area contributed by atoms with E-state index in [0.29, 0.717) is 18.0 Å². The van der Waals surface area contributed by atoms with Gasteiger partial charge in [0.2, 0.25) is 5.91 Å². The summed E-state index contributed by atoms with van der Waals surface area (Å²) in [5.41, 5.74) is 1.65. The molecule has 0 spiro atoms. The van der Waals surface area contributed by atoms with Crippen molar-refractivity contribution in [2.75, 3.05) is 26.0 Å². The molecule has 2 atom stereocenters. The van der Waals surface area contributed by atoms with E-state index < -0.39 is 6.10 Å². The zero-order chi connectivity index (χ0) is 18.5. The van der Waals surface area contributed by atoms with E-state index in [-0.39, 0.29) is 24.3 Å². The van der Waals surface area contributed by atoms with Gasteiger partial charge in [-0.25, -0.2) is 0 Å². The van der Waals surface area contributed by atoms with Crippen LogP contribution < -0.4 is 15.4 Å². The van der Waals surface area contributed by atoms with Crippen LogP contribution in [0.2, 0.25) is 0 Å². The van der Waals surface area contributed by atoms with Crippen LogP contribution >= 0.6 is 0 Å². The van der Waals surface area contributed by atoms with Gasteiger partial charge in [-0.1, -0.05) is 42.5 Å². The molecule has 26 heavy (non-hydrogen) atoms. The van der Waals surface area contributed by atoms with E-state index in [9.17, 15) is 9.59 Å². The molecule has 2 amide bonds. The zero-order valence-electron chi connectivity index (χ0n) is 14.9. The first kappa shape index (κ1) is 17.9. The largest absolute Gasteiger partial charge is 0.478 e. The van der Waals surface area contributed by atoms with Crippen molar-refractivity contribution in [3.05, 3.63) is 60.2 Å². The summed E-state index contributed by atoms with van der Waals surface area (Å²) in [6.45, 7) is 0.663. The van der Waals surface area contributed by atoms with E-state index in [1.807, 2.05) is 61.5 Å². The Morgan fingerprint density at radius 2 is 1.85 bits per heavy atom. The predicted molar refractivity (Wildman–Crippen MR) is 100.0 cm³/mol. The summed E-state index contributed by atoms with van der Waals surface area (Å²) in [5, 5.41) is 5.80.